The molecule has 0 atom stereocenters. The molecule has 1 heterocycles. The zero-order chi connectivity index (χ0) is 17.5. The maximum atomic E-state index is 12.2. The van der Waals surface area contributed by atoms with Crippen molar-refractivity contribution in [2.24, 2.45) is 0 Å². The first kappa shape index (κ1) is 17.7. The lowest BCUT2D eigenvalue weighted by molar-refractivity contribution is -0.384. The normalized spacial score (nSPS) is 14.6. The fourth-order valence-corrected chi connectivity index (χ4v) is 2.65. The number of amides is 1. The Labute approximate surface area is 139 Å². The van der Waals surface area contributed by atoms with E-state index >= 15 is 0 Å². The fourth-order valence-electron chi connectivity index (χ4n) is 2.65. The van der Waals surface area contributed by atoms with Gasteiger partial charge in [0, 0.05) is 38.0 Å². The van der Waals surface area contributed by atoms with E-state index in [4.69, 9.17) is 4.74 Å². The number of esters is 1. The molecule has 0 aromatic heterocycles. The Morgan fingerprint density at radius 3 is 2.50 bits per heavy atom. The molecule has 1 aliphatic rings. The smallest absolute Gasteiger partial charge is 0.341 e. The van der Waals surface area contributed by atoms with Crippen molar-refractivity contribution in [3.8, 4) is 0 Å². The van der Waals surface area contributed by atoms with Crippen LogP contribution in [-0.4, -0.2) is 48.4 Å². The molecule has 1 fully saturated rings. The van der Waals surface area contributed by atoms with E-state index in [-0.39, 0.29) is 23.8 Å². The Morgan fingerprint density at radius 2 is 1.92 bits per heavy atom. The molecule has 130 valence electrons. The zero-order valence-corrected chi connectivity index (χ0v) is 13.6. The van der Waals surface area contributed by atoms with Crippen LogP contribution in [0.15, 0.2) is 18.2 Å². The lowest BCUT2D eigenvalue weighted by Crippen LogP contribution is -2.35. The molecule has 0 saturated carbocycles. The number of hydrogen-bond donors (Lipinski definition) is 1. The summed E-state index contributed by atoms with van der Waals surface area (Å²) in [5.41, 5.74) is 0.239. The summed E-state index contributed by atoms with van der Waals surface area (Å²) in [4.78, 5) is 36.3. The van der Waals surface area contributed by atoms with E-state index in [2.05, 4.69) is 5.32 Å². The van der Waals surface area contributed by atoms with Gasteiger partial charge in [-0.3, -0.25) is 14.9 Å². The lowest BCUT2D eigenvalue weighted by atomic mass is 10.1. The average molecular weight is 335 g/mol. The van der Waals surface area contributed by atoms with Gasteiger partial charge in [-0.15, -0.1) is 0 Å². The standard InChI is InChI=1S/C16H21N3O5/c1-17-14-7-6-12(19(22)23)10-13(14)16(21)24-11-15(20)18-8-4-2-3-5-9-18/h6-7,10,17H,2-5,8-9,11H2,1H3. The van der Waals surface area contributed by atoms with Crippen molar-refractivity contribution in [3.63, 3.8) is 0 Å². The van der Waals surface area contributed by atoms with Crippen LogP contribution in [-0.2, 0) is 9.53 Å². The van der Waals surface area contributed by atoms with E-state index < -0.39 is 10.9 Å². The molecule has 8 heteroatoms. The second-order valence-electron chi connectivity index (χ2n) is 5.61. The predicted molar refractivity (Wildman–Crippen MR) is 88.0 cm³/mol. The number of nitro benzene ring substituents is 1. The quantitative estimate of drug-likeness (QED) is 0.503. The van der Waals surface area contributed by atoms with Gasteiger partial charge in [0.15, 0.2) is 6.61 Å². The van der Waals surface area contributed by atoms with Crippen molar-refractivity contribution >= 4 is 23.3 Å². The number of hydrogen-bond acceptors (Lipinski definition) is 6. The number of benzene rings is 1. The number of non-ortho nitro benzene ring substituents is 1. The number of anilines is 1. The highest BCUT2D eigenvalue weighted by Gasteiger charge is 2.21. The van der Waals surface area contributed by atoms with E-state index in [1.165, 1.54) is 12.1 Å². The van der Waals surface area contributed by atoms with Crippen molar-refractivity contribution in [3.05, 3.63) is 33.9 Å². The summed E-state index contributed by atoms with van der Waals surface area (Å²) in [7, 11) is 1.60. The molecule has 0 bridgehead atoms. The summed E-state index contributed by atoms with van der Waals surface area (Å²) in [6, 6.07) is 3.88. The minimum absolute atomic E-state index is 0.0374. The fraction of sp³-hybridized carbons (Fsp3) is 0.500. The highest BCUT2D eigenvalue weighted by Crippen LogP contribution is 2.22. The van der Waals surface area contributed by atoms with Crippen molar-refractivity contribution in [1.29, 1.82) is 0 Å². The maximum Gasteiger partial charge on any atom is 0.341 e. The molecule has 1 aromatic rings. The van der Waals surface area contributed by atoms with Crippen LogP contribution in [0.2, 0.25) is 0 Å². The summed E-state index contributed by atoms with van der Waals surface area (Å²) in [5.74, 6) is -0.993. The third-order valence-electron chi connectivity index (χ3n) is 3.99. The third-order valence-corrected chi connectivity index (χ3v) is 3.99. The van der Waals surface area contributed by atoms with Crippen molar-refractivity contribution < 1.29 is 19.2 Å². The zero-order valence-electron chi connectivity index (χ0n) is 13.6. The molecule has 1 aliphatic heterocycles. The lowest BCUT2D eigenvalue weighted by Gasteiger charge is -2.20. The molecule has 1 saturated heterocycles. The van der Waals surface area contributed by atoms with Gasteiger partial charge < -0.3 is 15.0 Å². The van der Waals surface area contributed by atoms with Crippen molar-refractivity contribution in [2.75, 3.05) is 32.1 Å². The third kappa shape index (κ3) is 4.43. The van der Waals surface area contributed by atoms with Crippen LogP contribution in [0.3, 0.4) is 0 Å². The number of carbonyl (C=O) groups excluding carboxylic acids is 2. The van der Waals surface area contributed by atoms with Crippen LogP contribution < -0.4 is 5.32 Å². The molecule has 1 amide bonds. The number of ether oxygens (including phenoxy) is 1. The monoisotopic (exact) mass is 335 g/mol. The SMILES string of the molecule is CNc1ccc([N+](=O)[O-])cc1C(=O)OCC(=O)N1CCCCCC1. The maximum absolute atomic E-state index is 12.2. The summed E-state index contributed by atoms with van der Waals surface area (Å²) in [6.45, 7) is 0.995. The van der Waals surface area contributed by atoms with Crippen LogP contribution in [0.5, 0.6) is 0 Å². The van der Waals surface area contributed by atoms with Gasteiger partial charge in [0.25, 0.3) is 11.6 Å². The number of nitrogens with zero attached hydrogens (tertiary/aromatic N) is 2. The minimum atomic E-state index is -0.758. The Kier molecular flexibility index (Phi) is 6.11. The molecule has 24 heavy (non-hydrogen) atoms. The molecular weight excluding hydrogens is 314 g/mol. The predicted octanol–water partition coefficient (Wildman–Crippen LogP) is 2.20. The first-order valence-corrected chi connectivity index (χ1v) is 7.94. The molecule has 0 aliphatic carbocycles. The minimum Gasteiger partial charge on any atom is -0.452 e. The molecule has 0 unspecified atom stereocenters. The second kappa shape index (κ2) is 8.28. The molecule has 8 nitrogen and oxygen atoms in total. The Hall–Kier alpha value is -2.64. The van der Waals surface area contributed by atoms with E-state index in [9.17, 15) is 19.7 Å². The Morgan fingerprint density at radius 1 is 1.25 bits per heavy atom. The molecular formula is C16H21N3O5. The van der Waals surface area contributed by atoms with Gasteiger partial charge in [0.2, 0.25) is 0 Å². The highest BCUT2D eigenvalue weighted by atomic mass is 16.6. The van der Waals surface area contributed by atoms with Gasteiger partial charge in [-0.1, -0.05) is 12.8 Å². The van der Waals surface area contributed by atoms with Gasteiger partial charge in [0.1, 0.15) is 0 Å². The Balaban J connectivity index is 2.02. The average Bonchev–Trinajstić information content (AvgIpc) is 2.88. The number of rotatable bonds is 5. The molecule has 0 spiro atoms. The number of carbonyl (C=O) groups is 2. The molecule has 1 N–H and O–H groups in total. The van der Waals surface area contributed by atoms with Crippen LogP contribution in [0.25, 0.3) is 0 Å². The van der Waals surface area contributed by atoms with Gasteiger partial charge in [0.05, 0.1) is 10.5 Å². The molecule has 2 rings (SSSR count). The number of likely N-dealkylation sites (tertiary alicyclic amines) is 1. The van der Waals surface area contributed by atoms with Gasteiger partial charge in [-0.25, -0.2) is 4.79 Å². The van der Waals surface area contributed by atoms with Gasteiger partial charge in [-0.2, -0.15) is 0 Å². The van der Waals surface area contributed by atoms with Gasteiger partial charge >= 0.3 is 5.97 Å². The summed E-state index contributed by atoms with van der Waals surface area (Å²) in [6.07, 6.45) is 4.11. The first-order valence-electron chi connectivity index (χ1n) is 7.94. The number of nitrogens with one attached hydrogen (secondary N) is 1. The van der Waals surface area contributed by atoms with Crippen molar-refractivity contribution in [1.82, 2.24) is 4.90 Å². The van der Waals surface area contributed by atoms with Crippen LogP contribution in [0.1, 0.15) is 36.0 Å². The summed E-state index contributed by atoms with van der Waals surface area (Å²) < 4.78 is 5.07. The molecule has 0 radical (unpaired) electrons. The summed E-state index contributed by atoms with van der Waals surface area (Å²) in [5, 5.41) is 13.6. The van der Waals surface area contributed by atoms with Crippen LogP contribution >= 0.6 is 0 Å². The largest absolute Gasteiger partial charge is 0.452 e. The van der Waals surface area contributed by atoms with E-state index in [1.807, 2.05) is 0 Å². The first-order chi connectivity index (χ1) is 11.5. The highest BCUT2D eigenvalue weighted by molar-refractivity contribution is 5.97. The van der Waals surface area contributed by atoms with E-state index in [0.717, 1.165) is 31.7 Å². The topological polar surface area (TPSA) is 102 Å². The number of nitro groups is 1. The Bertz CT molecular complexity index is 624. The summed E-state index contributed by atoms with van der Waals surface area (Å²) >= 11 is 0. The van der Waals surface area contributed by atoms with Crippen LogP contribution in [0, 0.1) is 10.1 Å². The van der Waals surface area contributed by atoms with Gasteiger partial charge in [-0.05, 0) is 18.9 Å². The van der Waals surface area contributed by atoms with E-state index in [1.54, 1.807) is 11.9 Å². The molecule has 1 aromatic carbocycles. The van der Waals surface area contributed by atoms with Crippen LogP contribution in [0.4, 0.5) is 11.4 Å². The van der Waals surface area contributed by atoms with E-state index in [0.29, 0.717) is 18.8 Å². The van der Waals surface area contributed by atoms with Crippen molar-refractivity contribution in [2.45, 2.75) is 25.7 Å². The second-order valence-corrected chi connectivity index (χ2v) is 5.61.